The van der Waals surface area contributed by atoms with Gasteiger partial charge in [0.25, 0.3) is 5.91 Å². The maximum absolute atomic E-state index is 12.9. The number of rotatable bonds is 2. The van der Waals surface area contributed by atoms with Gasteiger partial charge < -0.3 is 10.2 Å². The third-order valence-corrected chi connectivity index (χ3v) is 4.72. The molecule has 2 aromatic rings. The van der Waals surface area contributed by atoms with Crippen molar-refractivity contribution in [3.8, 4) is 0 Å². The van der Waals surface area contributed by atoms with Gasteiger partial charge in [-0.2, -0.15) is 0 Å². The molecule has 1 heterocycles. The van der Waals surface area contributed by atoms with Gasteiger partial charge in [-0.15, -0.1) is 0 Å². The molecule has 1 fully saturated rings. The lowest BCUT2D eigenvalue weighted by Crippen LogP contribution is -2.44. The van der Waals surface area contributed by atoms with Crippen LogP contribution in [-0.4, -0.2) is 16.8 Å². The van der Waals surface area contributed by atoms with Gasteiger partial charge in [0.15, 0.2) is 0 Å². The molecule has 0 bridgehead atoms. The van der Waals surface area contributed by atoms with Crippen molar-refractivity contribution >= 4 is 34.8 Å². The molecule has 112 valence electrons. The predicted octanol–water partition coefficient (Wildman–Crippen LogP) is 4.72. The lowest BCUT2D eigenvalue weighted by molar-refractivity contribution is 0.0666. The zero-order valence-electron chi connectivity index (χ0n) is 11.7. The first kappa shape index (κ1) is 13.9. The first-order valence-corrected chi connectivity index (χ1v) is 8.04. The van der Waals surface area contributed by atoms with Crippen LogP contribution in [0, 0.1) is 0 Å². The van der Waals surface area contributed by atoms with E-state index in [-0.39, 0.29) is 18.1 Å². The number of hydrogen-bond donors (Lipinski definition) is 1. The summed E-state index contributed by atoms with van der Waals surface area (Å²) in [5.41, 5.74) is 2.44. The van der Waals surface area contributed by atoms with Crippen molar-refractivity contribution in [3.05, 3.63) is 63.6 Å². The summed E-state index contributed by atoms with van der Waals surface area (Å²) in [7, 11) is 0. The van der Waals surface area contributed by atoms with E-state index in [2.05, 4.69) is 5.32 Å². The summed E-state index contributed by atoms with van der Waals surface area (Å²) in [6, 6.07) is 13.3. The molecule has 1 amide bonds. The zero-order chi connectivity index (χ0) is 15.3. The molecule has 0 unspecified atom stereocenters. The van der Waals surface area contributed by atoms with Gasteiger partial charge in [0.2, 0.25) is 0 Å². The molecule has 0 saturated heterocycles. The average molecular weight is 333 g/mol. The Morgan fingerprint density at radius 2 is 1.86 bits per heavy atom. The van der Waals surface area contributed by atoms with E-state index in [0.29, 0.717) is 10.0 Å². The van der Waals surface area contributed by atoms with E-state index in [4.69, 9.17) is 23.2 Å². The Labute approximate surface area is 138 Å². The van der Waals surface area contributed by atoms with Gasteiger partial charge in [-0.25, -0.2) is 0 Å². The van der Waals surface area contributed by atoms with Crippen molar-refractivity contribution in [1.82, 2.24) is 4.90 Å². The number of carbonyl (C=O) groups excluding carboxylic acids is 1. The molecule has 22 heavy (non-hydrogen) atoms. The van der Waals surface area contributed by atoms with E-state index in [1.165, 1.54) is 0 Å². The van der Waals surface area contributed by atoms with E-state index in [1.54, 1.807) is 12.1 Å². The van der Waals surface area contributed by atoms with Crippen molar-refractivity contribution in [1.29, 1.82) is 0 Å². The van der Waals surface area contributed by atoms with Crippen LogP contribution >= 0.6 is 23.2 Å². The van der Waals surface area contributed by atoms with E-state index in [0.717, 1.165) is 29.7 Å². The highest BCUT2D eigenvalue weighted by molar-refractivity contribution is 6.35. The van der Waals surface area contributed by atoms with Gasteiger partial charge in [0.05, 0.1) is 5.56 Å². The SMILES string of the molecule is O=C1c2ccccc2N[C@@H](c2ccc(Cl)cc2Cl)N1C1CC1. The third-order valence-electron chi connectivity index (χ3n) is 4.16. The van der Waals surface area contributed by atoms with Crippen LogP contribution in [0.3, 0.4) is 0 Å². The Morgan fingerprint density at radius 1 is 1.09 bits per heavy atom. The summed E-state index contributed by atoms with van der Waals surface area (Å²) in [6.45, 7) is 0. The van der Waals surface area contributed by atoms with E-state index >= 15 is 0 Å². The van der Waals surface area contributed by atoms with E-state index in [1.807, 2.05) is 35.2 Å². The topological polar surface area (TPSA) is 32.3 Å². The van der Waals surface area contributed by atoms with Crippen molar-refractivity contribution in [2.24, 2.45) is 0 Å². The first-order valence-electron chi connectivity index (χ1n) is 7.28. The summed E-state index contributed by atoms with van der Waals surface area (Å²) in [5, 5.41) is 4.62. The molecule has 4 rings (SSSR count). The van der Waals surface area contributed by atoms with Crippen LogP contribution in [-0.2, 0) is 0 Å². The fourth-order valence-electron chi connectivity index (χ4n) is 2.95. The predicted molar refractivity (Wildman–Crippen MR) is 88.5 cm³/mol. The van der Waals surface area contributed by atoms with Crippen molar-refractivity contribution in [2.45, 2.75) is 25.0 Å². The maximum atomic E-state index is 12.9. The number of para-hydroxylation sites is 1. The lowest BCUT2D eigenvalue weighted by atomic mass is 10.0. The Balaban J connectivity index is 1.82. The molecule has 1 N–H and O–H groups in total. The molecular weight excluding hydrogens is 319 g/mol. The van der Waals surface area contributed by atoms with Gasteiger partial charge in [0, 0.05) is 27.3 Å². The minimum Gasteiger partial charge on any atom is -0.361 e. The van der Waals surface area contributed by atoms with E-state index in [9.17, 15) is 4.79 Å². The summed E-state index contributed by atoms with van der Waals surface area (Å²) in [6.07, 6.45) is 1.83. The normalized spacial score (nSPS) is 20.5. The molecular formula is C17H14Cl2N2O. The monoisotopic (exact) mass is 332 g/mol. The van der Waals surface area contributed by atoms with Crippen LogP contribution in [0.1, 0.15) is 34.9 Å². The van der Waals surface area contributed by atoms with Crippen molar-refractivity contribution in [2.75, 3.05) is 5.32 Å². The molecule has 1 aliphatic carbocycles. The number of amides is 1. The highest BCUT2D eigenvalue weighted by Gasteiger charge is 2.42. The highest BCUT2D eigenvalue weighted by Crippen LogP contribution is 2.42. The second-order valence-corrected chi connectivity index (χ2v) is 6.55. The summed E-state index contributed by atoms with van der Waals surface area (Å²) in [4.78, 5) is 14.8. The first-order chi connectivity index (χ1) is 10.6. The summed E-state index contributed by atoms with van der Waals surface area (Å²) < 4.78 is 0. The van der Waals surface area contributed by atoms with Gasteiger partial charge in [-0.3, -0.25) is 4.79 Å². The largest absolute Gasteiger partial charge is 0.361 e. The van der Waals surface area contributed by atoms with Gasteiger partial charge in [-0.1, -0.05) is 41.4 Å². The van der Waals surface area contributed by atoms with Gasteiger partial charge >= 0.3 is 0 Å². The number of hydrogen-bond acceptors (Lipinski definition) is 2. The Bertz CT molecular complexity index is 758. The number of nitrogens with zero attached hydrogens (tertiary/aromatic N) is 1. The van der Waals surface area contributed by atoms with Crippen LogP contribution in [0.5, 0.6) is 0 Å². The van der Waals surface area contributed by atoms with Gasteiger partial charge in [-0.05, 0) is 37.1 Å². The maximum Gasteiger partial charge on any atom is 0.258 e. The molecule has 0 spiro atoms. The number of nitrogens with one attached hydrogen (secondary N) is 1. The Hall–Kier alpha value is -1.71. The van der Waals surface area contributed by atoms with E-state index < -0.39 is 0 Å². The molecule has 2 aliphatic rings. The number of carbonyl (C=O) groups is 1. The smallest absolute Gasteiger partial charge is 0.258 e. The molecule has 1 atom stereocenters. The van der Waals surface area contributed by atoms with Crippen LogP contribution in [0.2, 0.25) is 10.0 Å². The Kier molecular flexibility index (Phi) is 3.28. The molecule has 1 saturated carbocycles. The third kappa shape index (κ3) is 2.25. The highest BCUT2D eigenvalue weighted by atomic mass is 35.5. The van der Waals surface area contributed by atoms with Crippen LogP contribution in [0.15, 0.2) is 42.5 Å². The molecule has 2 aromatic carbocycles. The molecule has 3 nitrogen and oxygen atoms in total. The molecule has 0 radical (unpaired) electrons. The summed E-state index contributed by atoms with van der Waals surface area (Å²) >= 11 is 12.4. The quantitative estimate of drug-likeness (QED) is 0.862. The minimum atomic E-state index is -0.250. The Morgan fingerprint density at radius 3 is 2.59 bits per heavy atom. The molecule has 0 aromatic heterocycles. The fourth-order valence-corrected chi connectivity index (χ4v) is 3.46. The van der Waals surface area contributed by atoms with Crippen LogP contribution < -0.4 is 5.32 Å². The van der Waals surface area contributed by atoms with Crippen LogP contribution in [0.4, 0.5) is 5.69 Å². The van der Waals surface area contributed by atoms with Crippen molar-refractivity contribution < 1.29 is 4.79 Å². The standard InChI is InChI=1S/C17H14Cl2N2O/c18-10-5-8-12(14(19)9-10)16-20-15-4-2-1-3-13(15)17(22)21(16)11-6-7-11/h1-5,8-9,11,16,20H,6-7H2/t16-/m1/s1. The number of fused-ring (bicyclic) bond motifs is 1. The average Bonchev–Trinajstić information content (AvgIpc) is 3.32. The minimum absolute atomic E-state index is 0.0628. The fraction of sp³-hybridized carbons (Fsp3) is 0.235. The molecule has 1 aliphatic heterocycles. The lowest BCUT2D eigenvalue weighted by Gasteiger charge is -2.38. The number of benzene rings is 2. The summed E-state index contributed by atoms with van der Waals surface area (Å²) in [5.74, 6) is 0.0628. The number of halogens is 2. The van der Waals surface area contributed by atoms with Gasteiger partial charge in [0.1, 0.15) is 6.17 Å². The molecule has 5 heteroatoms. The second-order valence-electron chi connectivity index (χ2n) is 5.70. The van der Waals surface area contributed by atoms with Crippen LogP contribution in [0.25, 0.3) is 0 Å². The van der Waals surface area contributed by atoms with Crippen molar-refractivity contribution in [3.63, 3.8) is 0 Å². The zero-order valence-corrected chi connectivity index (χ0v) is 13.2. The second kappa shape index (κ2) is 5.18. The number of anilines is 1.